The number of hydrogen-bond donors (Lipinski definition) is 0. The van der Waals surface area contributed by atoms with E-state index in [2.05, 4.69) is 0 Å². The summed E-state index contributed by atoms with van der Waals surface area (Å²) in [6.07, 6.45) is 0. The molecular weight excluding hydrogens is 592 g/mol. The summed E-state index contributed by atoms with van der Waals surface area (Å²) in [5.41, 5.74) is 5.37. The lowest BCUT2D eigenvalue weighted by Gasteiger charge is -2.55. The number of aryl methyl sites for hydroxylation is 6. The predicted molar refractivity (Wildman–Crippen MR) is 177 cm³/mol. The molecule has 3 aromatic rings. The van der Waals surface area contributed by atoms with Crippen LogP contribution in [0.3, 0.4) is 0 Å². The van der Waals surface area contributed by atoms with E-state index >= 15 is 0 Å². The first kappa shape index (κ1) is 30.8. The van der Waals surface area contributed by atoms with Crippen molar-refractivity contribution in [3.05, 3.63) is 99.1 Å². The molecule has 5 aliphatic rings. The second kappa shape index (κ2) is 10.3. The zero-order chi connectivity index (χ0) is 33.9. The molecule has 2 heterocycles. The Labute approximate surface area is 274 Å². The average Bonchev–Trinajstić information content (AvgIpc) is 3.39. The predicted octanol–water partition coefficient (Wildman–Crippen LogP) is 6.02. The fourth-order valence-electron chi connectivity index (χ4n) is 9.74. The van der Waals surface area contributed by atoms with Crippen molar-refractivity contribution in [2.75, 3.05) is 9.80 Å². The van der Waals surface area contributed by atoms with Crippen molar-refractivity contribution >= 4 is 41.0 Å². The minimum atomic E-state index is -1.50. The fourth-order valence-corrected chi connectivity index (χ4v) is 9.74. The van der Waals surface area contributed by atoms with Crippen LogP contribution in [0.15, 0.2) is 65.7 Å². The minimum Gasteiger partial charge on any atom is -0.423 e. The zero-order valence-electron chi connectivity index (χ0n) is 27.9. The third-order valence-electron chi connectivity index (χ3n) is 11.1. The highest BCUT2D eigenvalue weighted by Gasteiger charge is 2.77. The van der Waals surface area contributed by atoms with E-state index in [1.54, 1.807) is 44.2 Å². The first-order valence-corrected chi connectivity index (χ1v) is 16.1. The van der Waals surface area contributed by atoms with Crippen LogP contribution >= 0.6 is 0 Å². The van der Waals surface area contributed by atoms with Gasteiger partial charge in [-0.2, -0.15) is 0 Å². The van der Waals surface area contributed by atoms with E-state index in [9.17, 15) is 24.0 Å². The second-order valence-corrected chi connectivity index (χ2v) is 14.1. The lowest BCUT2D eigenvalue weighted by atomic mass is 9.43. The highest BCUT2D eigenvalue weighted by molar-refractivity contribution is 6.28. The third kappa shape index (κ3) is 4.03. The van der Waals surface area contributed by atoms with Gasteiger partial charge < -0.3 is 4.74 Å². The number of nitrogens with zero attached hydrogens (tertiary/aromatic N) is 2. The van der Waals surface area contributed by atoms with Gasteiger partial charge in [-0.15, -0.1) is 0 Å². The van der Waals surface area contributed by atoms with Crippen LogP contribution in [0.4, 0.5) is 11.4 Å². The first-order valence-electron chi connectivity index (χ1n) is 16.1. The monoisotopic (exact) mass is 630 g/mol. The highest BCUT2D eigenvalue weighted by atomic mass is 16.5. The number of rotatable bonds is 4. The molecule has 2 aliphatic heterocycles. The Balaban J connectivity index is 1.43. The van der Waals surface area contributed by atoms with Crippen LogP contribution in [0.5, 0.6) is 5.75 Å². The summed E-state index contributed by atoms with van der Waals surface area (Å²) >= 11 is 0. The molecule has 0 spiro atoms. The van der Waals surface area contributed by atoms with Crippen LogP contribution in [-0.2, 0) is 24.0 Å². The van der Waals surface area contributed by atoms with Gasteiger partial charge in [-0.05, 0) is 82.9 Å². The lowest BCUT2D eigenvalue weighted by molar-refractivity contribution is -0.152. The van der Waals surface area contributed by atoms with Gasteiger partial charge in [-0.25, -0.2) is 14.6 Å². The van der Waals surface area contributed by atoms with Crippen molar-refractivity contribution in [3.8, 4) is 5.75 Å². The number of ether oxygens (including phenoxy) is 1. The number of benzene rings is 3. The van der Waals surface area contributed by atoms with Crippen molar-refractivity contribution in [1.29, 1.82) is 0 Å². The molecule has 0 N–H and O–H groups in total. The molecular formula is C39H38N2O6. The topological polar surface area (TPSA) is 101 Å². The van der Waals surface area contributed by atoms with Gasteiger partial charge in [0, 0.05) is 16.9 Å². The molecule has 8 nitrogen and oxygen atoms in total. The number of carbonyl (C=O) groups is 5. The van der Waals surface area contributed by atoms with Crippen molar-refractivity contribution in [1.82, 2.24) is 0 Å². The Hall–Kier alpha value is -4.85. The number of para-hydroxylation sites is 1. The van der Waals surface area contributed by atoms with Gasteiger partial charge in [0.05, 0.1) is 35.0 Å². The molecule has 8 rings (SSSR count). The van der Waals surface area contributed by atoms with E-state index in [-0.39, 0.29) is 5.57 Å². The number of amides is 4. The maximum absolute atomic E-state index is 14.8. The van der Waals surface area contributed by atoms with Crippen molar-refractivity contribution in [2.24, 2.45) is 35.0 Å². The van der Waals surface area contributed by atoms with E-state index in [1.807, 2.05) is 65.8 Å². The van der Waals surface area contributed by atoms with Crippen molar-refractivity contribution < 1.29 is 28.7 Å². The summed E-state index contributed by atoms with van der Waals surface area (Å²) < 4.78 is 5.87. The molecule has 4 atom stereocenters. The van der Waals surface area contributed by atoms with Crippen molar-refractivity contribution in [3.63, 3.8) is 0 Å². The maximum Gasteiger partial charge on any atom is 0.339 e. The van der Waals surface area contributed by atoms with E-state index in [0.717, 1.165) is 33.4 Å². The fraction of sp³-hybridized carbons (Fsp3) is 0.359. The summed E-state index contributed by atoms with van der Waals surface area (Å²) in [5.74, 6) is -6.84. The molecule has 2 bridgehead atoms. The number of carbonyl (C=O) groups excluding carboxylic acids is 5. The second-order valence-electron chi connectivity index (χ2n) is 14.1. The van der Waals surface area contributed by atoms with Crippen LogP contribution < -0.4 is 14.5 Å². The van der Waals surface area contributed by atoms with E-state index in [0.29, 0.717) is 22.7 Å². The van der Waals surface area contributed by atoms with Gasteiger partial charge in [0.15, 0.2) is 0 Å². The summed E-state index contributed by atoms with van der Waals surface area (Å²) in [4.78, 5) is 75.5. The van der Waals surface area contributed by atoms with Gasteiger partial charge >= 0.3 is 5.97 Å². The molecule has 240 valence electrons. The third-order valence-corrected chi connectivity index (χ3v) is 11.1. The Morgan fingerprint density at radius 3 is 1.43 bits per heavy atom. The Kier molecular flexibility index (Phi) is 6.76. The molecule has 0 aromatic heterocycles. The zero-order valence-corrected chi connectivity index (χ0v) is 27.9. The first-order chi connectivity index (χ1) is 22.2. The Morgan fingerprint density at radius 2 is 1.02 bits per heavy atom. The lowest BCUT2D eigenvalue weighted by Crippen LogP contribution is -2.61. The quantitative estimate of drug-likeness (QED) is 0.199. The number of hydrogen-bond acceptors (Lipinski definition) is 6. The van der Waals surface area contributed by atoms with Crippen molar-refractivity contribution in [2.45, 2.75) is 55.4 Å². The Morgan fingerprint density at radius 1 is 0.617 bits per heavy atom. The average molecular weight is 631 g/mol. The van der Waals surface area contributed by atoms with Crippen LogP contribution in [0.1, 0.15) is 47.2 Å². The molecule has 4 unspecified atom stereocenters. The summed E-state index contributed by atoms with van der Waals surface area (Å²) in [6.45, 7) is 14.9. The summed E-state index contributed by atoms with van der Waals surface area (Å²) in [6, 6.07) is 16.3. The molecule has 3 fully saturated rings. The molecule has 47 heavy (non-hydrogen) atoms. The van der Waals surface area contributed by atoms with Gasteiger partial charge in [0.25, 0.3) is 0 Å². The van der Waals surface area contributed by atoms with Gasteiger partial charge in [-0.3, -0.25) is 19.2 Å². The molecule has 1 saturated carbocycles. The number of allylic oxidation sites excluding steroid dienone is 1. The maximum atomic E-state index is 14.8. The SMILES string of the molecule is CC1=C(C(=O)Oc2ccccc2)C2(C)C3C(=O)N(c4c(C)cc(C)cc4C)C(=O)C3C1C1C(=O)N(c3c(C)cc(C)cc3C)C(=O)C12. The summed E-state index contributed by atoms with van der Waals surface area (Å²) in [5, 5.41) is 0. The smallest absolute Gasteiger partial charge is 0.339 e. The minimum absolute atomic E-state index is 0.203. The highest BCUT2D eigenvalue weighted by Crippen LogP contribution is 2.69. The normalized spacial score (nSPS) is 28.0. The molecule has 4 amide bonds. The summed E-state index contributed by atoms with van der Waals surface area (Å²) in [7, 11) is 0. The Bertz CT molecular complexity index is 1840. The van der Waals surface area contributed by atoms with E-state index in [1.165, 1.54) is 9.80 Å². The van der Waals surface area contributed by atoms with Gasteiger partial charge in [0.1, 0.15) is 5.75 Å². The molecule has 0 radical (unpaired) electrons. The van der Waals surface area contributed by atoms with Crippen LogP contribution in [0, 0.1) is 76.5 Å². The van der Waals surface area contributed by atoms with Crippen LogP contribution in [0.2, 0.25) is 0 Å². The van der Waals surface area contributed by atoms with Crippen LogP contribution in [0.25, 0.3) is 0 Å². The number of esters is 1. The van der Waals surface area contributed by atoms with E-state index in [4.69, 9.17) is 4.74 Å². The number of imide groups is 2. The molecule has 3 aliphatic carbocycles. The van der Waals surface area contributed by atoms with Gasteiger partial charge in [0.2, 0.25) is 23.6 Å². The molecule has 3 aromatic carbocycles. The van der Waals surface area contributed by atoms with Crippen LogP contribution in [-0.4, -0.2) is 29.6 Å². The van der Waals surface area contributed by atoms with E-state index < -0.39 is 64.6 Å². The largest absolute Gasteiger partial charge is 0.423 e. The molecule has 2 saturated heterocycles. The standard InChI is InChI=1S/C39H38N2O6/c1-18-14-20(3)32(21(4)15-18)40-34(42)27-26-24(7)29(38(46)47-25-12-10-9-11-13-25)39(8,30(27)36(40)44)31-28(26)35(43)41(37(31)45)33-22(5)16-19(2)17-23(33)6/h9-17,26-28,30-31H,1-8H3. The molecule has 8 heteroatoms. The van der Waals surface area contributed by atoms with Gasteiger partial charge in [-0.1, -0.05) is 66.1 Å². The number of anilines is 2.